The number of halogens is 3. The first-order valence-corrected chi connectivity index (χ1v) is 9.59. The van der Waals surface area contributed by atoms with Gasteiger partial charge in [0.1, 0.15) is 4.90 Å². The second-order valence-corrected chi connectivity index (χ2v) is 8.58. The second kappa shape index (κ2) is 7.46. The highest BCUT2D eigenvalue weighted by Crippen LogP contribution is 2.30. The lowest BCUT2D eigenvalue weighted by molar-refractivity contribution is 0.0898. The molecule has 1 fully saturated rings. The molecule has 0 aromatic heterocycles. The molecule has 0 radical (unpaired) electrons. The molecule has 1 aliphatic carbocycles. The molecule has 1 amide bonds. The van der Waals surface area contributed by atoms with Gasteiger partial charge in [0.2, 0.25) is 0 Å². The Bertz CT molecular complexity index is 706. The van der Waals surface area contributed by atoms with E-state index in [0.717, 1.165) is 38.0 Å². The number of amides is 1. The van der Waals surface area contributed by atoms with Gasteiger partial charge >= 0.3 is 0 Å². The normalized spacial score (nSPS) is 16.7. The van der Waals surface area contributed by atoms with Crippen molar-refractivity contribution in [3.63, 3.8) is 0 Å². The maximum atomic E-state index is 14.4. The summed E-state index contributed by atoms with van der Waals surface area (Å²) in [6.07, 6.45) is 4.28. The Kier molecular flexibility index (Phi) is 6.60. The number of hydrogen-bond donors (Lipinski definition) is 2. The number of nitrogens with one attached hydrogen (secondary N) is 1. The molecule has 0 heterocycles. The summed E-state index contributed by atoms with van der Waals surface area (Å²) in [5, 5.41) is 2.79. The second-order valence-electron chi connectivity index (χ2n) is 5.68. The first-order valence-electron chi connectivity index (χ1n) is 6.90. The monoisotopic (exact) mass is 428 g/mol. The molecule has 0 spiro atoms. The molecule has 3 N–H and O–H groups in total. The molecule has 0 bridgehead atoms. The number of carbonyl (C=O) groups excluding carboxylic acids is 1. The molecular formula is C14H19BrClFN2O3S. The van der Waals surface area contributed by atoms with Crippen molar-refractivity contribution < 1.29 is 17.6 Å². The van der Waals surface area contributed by atoms with E-state index in [1.54, 1.807) is 0 Å². The minimum Gasteiger partial charge on any atom is -0.345 e. The van der Waals surface area contributed by atoms with Crippen molar-refractivity contribution in [2.45, 2.75) is 36.1 Å². The summed E-state index contributed by atoms with van der Waals surface area (Å²) < 4.78 is 38.0. The van der Waals surface area contributed by atoms with Gasteiger partial charge in [-0.05, 0) is 25.0 Å². The average Bonchev–Trinajstić information content (AvgIpc) is 2.88. The lowest BCUT2D eigenvalue weighted by Gasteiger charge is -2.28. The number of sulfone groups is 1. The van der Waals surface area contributed by atoms with Crippen LogP contribution in [0.2, 0.25) is 0 Å². The minimum atomic E-state index is -3.77. The van der Waals surface area contributed by atoms with Crippen LogP contribution in [0.4, 0.5) is 4.39 Å². The summed E-state index contributed by atoms with van der Waals surface area (Å²) in [7, 11) is -3.77. The molecule has 0 atom stereocenters. The number of rotatable bonds is 4. The first kappa shape index (κ1) is 20.3. The Morgan fingerprint density at radius 3 is 2.43 bits per heavy atom. The van der Waals surface area contributed by atoms with Gasteiger partial charge in [-0.2, -0.15) is 0 Å². The summed E-state index contributed by atoms with van der Waals surface area (Å²) in [5.74, 6) is -1.68. The molecule has 130 valence electrons. The van der Waals surface area contributed by atoms with E-state index >= 15 is 0 Å². The fraction of sp³-hybridized carbons (Fsp3) is 0.500. The van der Waals surface area contributed by atoms with Crippen LogP contribution in [0, 0.1) is 5.82 Å². The Labute approximate surface area is 149 Å². The van der Waals surface area contributed by atoms with Crippen molar-refractivity contribution in [2.24, 2.45) is 5.73 Å². The van der Waals surface area contributed by atoms with Gasteiger partial charge in [0, 0.05) is 17.3 Å². The Morgan fingerprint density at radius 1 is 1.39 bits per heavy atom. The molecule has 0 unspecified atom stereocenters. The van der Waals surface area contributed by atoms with Gasteiger partial charge in [-0.1, -0.05) is 28.8 Å². The molecule has 23 heavy (non-hydrogen) atoms. The Hall–Kier alpha value is -0.700. The highest BCUT2D eigenvalue weighted by atomic mass is 79.9. The number of hydrogen-bond acceptors (Lipinski definition) is 4. The van der Waals surface area contributed by atoms with Crippen LogP contribution in [0.25, 0.3) is 0 Å². The van der Waals surface area contributed by atoms with E-state index < -0.39 is 32.0 Å². The molecule has 0 saturated heterocycles. The van der Waals surface area contributed by atoms with E-state index in [2.05, 4.69) is 21.2 Å². The zero-order valence-corrected chi connectivity index (χ0v) is 15.8. The molecule has 1 saturated carbocycles. The van der Waals surface area contributed by atoms with Crippen LogP contribution >= 0.6 is 28.3 Å². The number of carbonyl (C=O) groups is 1. The highest BCUT2D eigenvalue weighted by Gasteiger charge is 2.35. The fourth-order valence-electron chi connectivity index (χ4n) is 2.74. The standard InChI is InChI=1S/C14H18BrFN2O3S.ClH/c1-22(20,21)11-7-9(15)6-10(12(11)16)13(19)18-14(8-17)4-2-3-5-14;/h6-7H,2-5,8,17H2,1H3,(H,18,19);1H. The third-order valence-corrected chi connectivity index (χ3v) is 5.53. The van der Waals surface area contributed by atoms with Crippen molar-refractivity contribution in [2.75, 3.05) is 12.8 Å². The SMILES string of the molecule is CS(=O)(=O)c1cc(Br)cc(C(=O)NC2(CN)CCCC2)c1F.Cl. The van der Waals surface area contributed by atoms with Gasteiger partial charge in [-0.15, -0.1) is 12.4 Å². The predicted octanol–water partition coefficient (Wildman–Crippen LogP) is 2.41. The van der Waals surface area contributed by atoms with Gasteiger partial charge < -0.3 is 11.1 Å². The number of benzene rings is 1. The zero-order chi connectivity index (χ0) is 16.5. The van der Waals surface area contributed by atoms with Crippen molar-refractivity contribution in [3.05, 3.63) is 28.0 Å². The first-order chi connectivity index (χ1) is 10.2. The van der Waals surface area contributed by atoms with E-state index in [1.165, 1.54) is 6.07 Å². The van der Waals surface area contributed by atoms with Gasteiger partial charge in [0.05, 0.1) is 11.1 Å². The summed E-state index contributed by atoms with van der Waals surface area (Å²) in [6.45, 7) is 0.271. The van der Waals surface area contributed by atoms with E-state index in [4.69, 9.17) is 5.73 Å². The Morgan fingerprint density at radius 2 is 1.96 bits per heavy atom. The fourth-order valence-corrected chi connectivity index (χ4v) is 4.13. The zero-order valence-electron chi connectivity index (χ0n) is 12.6. The summed E-state index contributed by atoms with van der Waals surface area (Å²) in [5.41, 5.74) is 4.92. The van der Waals surface area contributed by atoms with Crippen LogP contribution in [0.3, 0.4) is 0 Å². The van der Waals surface area contributed by atoms with Gasteiger partial charge in [-0.3, -0.25) is 4.79 Å². The summed E-state index contributed by atoms with van der Waals surface area (Å²) in [4.78, 5) is 11.9. The van der Waals surface area contributed by atoms with Crippen LogP contribution < -0.4 is 11.1 Å². The van der Waals surface area contributed by atoms with Crippen LogP contribution in [-0.2, 0) is 9.84 Å². The van der Waals surface area contributed by atoms with E-state index in [9.17, 15) is 17.6 Å². The van der Waals surface area contributed by atoms with E-state index in [1.807, 2.05) is 0 Å². The van der Waals surface area contributed by atoms with Crippen molar-refractivity contribution in [1.82, 2.24) is 5.32 Å². The number of nitrogens with two attached hydrogens (primary N) is 1. The predicted molar refractivity (Wildman–Crippen MR) is 92.2 cm³/mol. The Balaban J connectivity index is 0.00000264. The maximum absolute atomic E-state index is 14.4. The minimum absolute atomic E-state index is 0. The van der Waals surface area contributed by atoms with Crippen LogP contribution in [0.15, 0.2) is 21.5 Å². The molecule has 0 aliphatic heterocycles. The average molecular weight is 430 g/mol. The van der Waals surface area contributed by atoms with E-state index in [-0.39, 0.29) is 24.5 Å². The molecule has 9 heteroatoms. The summed E-state index contributed by atoms with van der Waals surface area (Å²) >= 11 is 3.12. The van der Waals surface area contributed by atoms with Gasteiger partial charge in [0.25, 0.3) is 5.91 Å². The quantitative estimate of drug-likeness (QED) is 0.769. The molecule has 5 nitrogen and oxygen atoms in total. The molecule has 1 aromatic carbocycles. The van der Waals surface area contributed by atoms with Crippen molar-refractivity contribution in [3.8, 4) is 0 Å². The van der Waals surface area contributed by atoms with E-state index in [0.29, 0.717) is 4.47 Å². The van der Waals surface area contributed by atoms with Crippen LogP contribution in [-0.4, -0.2) is 32.7 Å². The largest absolute Gasteiger partial charge is 0.345 e. The lowest BCUT2D eigenvalue weighted by atomic mass is 9.97. The van der Waals surface area contributed by atoms with Gasteiger partial charge in [0.15, 0.2) is 15.7 Å². The van der Waals surface area contributed by atoms with Crippen molar-refractivity contribution >= 4 is 44.1 Å². The molecule has 1 aromatic rings. The third kappa shape index (κ3) is 4.43. The summed E-state index contributed by atoms with van der Waals surface area (Å²) in [6, 6.07) is 2.42. The molecular weight excluding hydrogens is 411 g/mol. The van der Waals surface area contributed by atoms with Crippen LogP contribution in [0.5, 0.6) is 0 Å². The molecule has 1 aliphatic rings. The van der Waals surface area contributed by atoms with Gasteiger partial charge in [-0.25, -0.2) is 12.8 Å². The lowest BCUT2D eigenvalue weighted by Crippen LogP contribution is -2.51. The topological polar surface area (TPSA) is 89.3 Å². The maximum Gasteiger partial charge on any atom is 0.254 e. The third-order valence-electron chi connectivity index (χ3n) is 3.98. The van der Waals surface area contributed by atoms with Crippen molar-refractivity contribution in [1.29, 1.82) is 0 Å². The smallest absolute Gasteiger partial charge is 0.254 e. The van der Waals surface area contributed by atoms with Crippen LogP contribution in [0.1, 0.15) is 36.0 Å². The molecule has 2 rings (SSSR count). The highest BCUT2D eigenvalue weighted by molar-refractivity contribution is 9.10.